The number of rotatable bonds is 4. The third-order valence-corrected chi connectivity index (χ3v) is 6.07. The topological polar surface area (TPSA) is 58.6 Å². The van der Waals surface area contributed by atoms with Gasteiger partial charge in [0.05, 0.1) is 17.4 Å². The molecule has 1 saturated heterocycles. The lowest BCUT2D eigenvalue weighted by atomic mass is 10.1. The van der Waals surface area contributed by atoms with E-state index in [0.29, 0.717) is 24.2 Å². The molecule has 6 heteroatoms. The summed E-state index contributed by atoms with van der Waals surface area (Å²) in [5, 5.41) is 2.95. The van der Waals surface area contributed by atoms with Crippen molar-refractivity contribution in [2.75, 3.05) is 24.6 Å². The smallest absolute Gasteiger partial charge is 0.259 e. The highest BCUT2D eigenvalue weighted by atomic mass is 32.2. The second kappa shape index (κ2) is 7.74. The van der Waals surface area contributed by atoms with E-state index >= 15 is 0 Å². The van der Waals surface area contributed by atoms with Gasteiger partial charge in [-0.25, -0.2) is 0 Å². The molecule has 1 N–H and O–H groups in total. The number of benzene rings is 2. The zero-order valence-electron chi connectivity index (χ0n) is 15.2. The minimum Gasteiger partial charge on any atom is -0.376 e. The fraction of sp³-hybridized carbons (Fsp3) is 0.333. The number of anilines is 1. The molecule has 2 heterocycles. The van der Waals surface area contributed by atoms with Gasteiger partial charge in [-0.05, 0) is 50.1 Å². The van der Waals surface area contributed by atoms with Gasteiger partial charge < -0.3 is 15.0 Å². The van der Waals surface area contributed by atoms with Crippen molar-refractivity contribution in [2.24, 2.45) is 0 Å². The molecular formula is C21H22N2O3S. The van der Waals surface area contributed by atoms with E-state index < -0.39 is 0 Å². The Morgan fingerprint density at radius 2 is 2.11 bits per heavy atom. The Labute approximate surface area is 163 Å². The number of carbonyl (C=O) groups is 2. The number of hydrogen-bond donors (Lipinski definition) is 1. The molecule has 2 aliphatic heterocycles. The SMILES string of the molecule is CCN1C(=O)c2ccccc2Sc2ccc(C(=O)NCC3CCCO3)cc21. The number of fused-ring (bicyclic) bond motifs is 2. The van der Waals surface area contributed by atoms with E-state index in [1.54, 1.807) is 16.7 Å². The Morgan fingerprint density at radius 3 is 2.89 bits per heavy atom. The summed E-state index contributed by atoms with van der Waals surface area (Å²) in [5.41, 5.74) is 2.04. The standard InChI is InChI=1S/C21H22N2O3S/c1-2-23-17-12-14(20(24)22-13-15-6-5-11-26-15)9-10-19(17)27-18-8-4-3-7-16(18)21(23)25/h3-4,7-10,12,15H,2,5-6,11,13H2,1H3,(H,22,24). The molecule has 0 spiro atoms. The monoisotopic (exact) mass is 382 g/mol. The molecule has 0 aromatic heterocycles. The van der Waals surface area contributed by atoms with Gasteiger partial charge in [0, 0.05) is 35.1 Å². The summed E-state index contributed by atoms with van der Waals surface area (Å²) in [5.74, 6) is -0.167. The van der Waals surface area contributed by atoms with Crippen molar-refractivity contribution in [3.05, 3.63) is 53.6 Å². The van der Waals surface area contributed by atoms with Crippen molar-refractivity contribution >= 4 is 29.3 Å². The lowest BCUT2D eigenvalue weighted by molar-refractivity contribution is 0.0857. The van der Waals surface area contributed by atoms with E-state index in [4.69, 9.17) is 4.74 Å². The Kier molecular flexibility index (Phi) is 5.18. The first-order valence-corrected chi connectivity index (χ1v) is 10.1. The van der Waals surface area contributed by atoms with Gasteiger partial charge in [-0.1, -0.05) is 23.9 Å². The maximum Gasteiger partial charge on any atom is 0.259 e. The summed E-state index contributed by atoms with van der Waals surface area (Å²) >= 11 is 1.57. The lowest BCUT2D eigenvalue weighted by Crippen LogP contribution is -2.33. The second-order valence-corrected chi connectivity index (χ2v) is 7.76. The first-order chi connectivity index (χ1) is 13.2. The van der Waals surface area contributed by atoms with Crippen molar-refractivity contribution in [3.63, 3.8) is 0 Å². The molecule has 0 saturated carbocycles. The van der Waals surface area contributed by atoms with Crippen molar-refractivity contribution in [3.8, 4) is 0 Å². The van der Waals surface area contributed by atoms with E-state index in [-0.39, 0.29) is 17.9 Å². The summed E-state index contributed by atoms with van der Waals surface area (Å²) in [6, 6.07) is 13.2. The maximum absolute atomic E-state index is 13.0. The van der Waals surface area contributed by atoms with Crippen LogP contribution in [0.1, 0.15) is 40.5 Å². The van der Waals surface area contributed by atoms with Gasteiger partial charge in [0.2, 0.25) is 0 Å². The predicted octanol–water partition coefficient (Wildman–Crippen LogP) is 3.73. The summed E-state index contributed by atoms with van der Waals surface area (Å²) in [6.07, 6.45) is 2.14. The zero-order valence-corrected chi connectivity index (χ0v) is 16.1. The fourth-order valence-corrected chi connectivity index (χ4v) is 4.55. The van der Waals surface area contributed by atoms with Gasteiger partial charge in [0.15, 0.2) is 0 Å². The molecule has 5 nitrogen and oxygen atoms in total. The van der Waals surface area contributed by atoms with Gasteiger partial charge in [-0.2, -0.15) is 0 Å². The van der Waals surface area contributed by atoms with Crippen molar-refractivity contribution in [2.45, 2.75) is 35.7 Å². The Balaban J connectivity index is 1.61. The molecule has 1 atom stereocenters. The summed E-state index contributed by atoms with van der Waals surface area (Å²) in [4.78, 5) is 29.3. The molecule has 1 unspecified atom stereocenters. The van der Waals surface area contributed by atoms with Gasteiger partial charge in [0.1, 0.15) is 0 Å². The molecule has 140 valence electrons. The average Bonchev–Trinajstić information content (AvgIpc) is 3.17. The number of ether oxygens (including phenoxy) is 1. The lowest BCUT2D eigenvalue weighted by Gasteiger charge is -2.22. The summed E-state index contributed by atoms with van der Waals surface area (Å²) in [6.45, 7) is 3.78. The first-order valence-electron chi connectivity index (χ1n) is 9.30. The molecule has 4 rings (SSSR count). The van der Waals surface area contributed by atoms with Gasteiger partial charge in [-0.15, -0.1) is 0 Å². The molecule has 2 aliphatic rings. The summed E-state index contributed by atoms with van der Waals surface area (Å²) < 4.78 is 5.56. The minimum atomic E-state index is -0.136. The quantitative estimate of drug-likeness (QED) is 0.875. The largest absolute Gasteiger partial charge is 0.376 e. The van der Waals surface area contributed by atoms with Gasteiger partial charge in [0.25, 0.3) is 11.8 Å². The minimum absolute atomic E-state index is 0.0312. The van der Waals surface area contributed by atoms with Crippen LogP contribution in [0, 0.1) is 0 Å². The van der Waals surface area contributed by atoms with E-state index in [2.05, 4.69) is 5.32 Å². The van der Waals surface area contributed by atoms with Crippen LogP contribution in [0.4, 0.5) is 5.69 Å². The average molecular weight is 382 g/mol. The highest BCUT2D eigenvalue weighted by Gasteiger charge is 2.27. The van der Waals surface area contributed by atoms with Crippen LogP contribution in [0.2, 0.25) is 0 Å². The highest BCUT2D eigenvalue weighted by Crippen LogP contribution is 2.41. The highest BCUT2D eigenvalue weighted by molar-refractivity contribution is 7.99. The number of nitrogens with zero attached hydrogens (tertiary/aromatic N) is 1. The molecular weight excluding hydrogens is 360 g/mol. The maximum atomic E-state index is 13.0. The molecule has 0 bridgehead atoms. The third kappa shape index (κ3) is 3.59. The van der Waals surface area contributed by atoms with Gasteiger partial charge >= 0.3 is 0 Å². The van der Waals surface area contributed by atoms with Crippen LogP contribution in [0.15, 0.2) is 52.3 Å². The second-order valence-electron chi connectivity index (χ2n) is 6.68. The van der Waals surface area contributed by atoms with E-state index in [1.165, 1.54) is 0 Å². The number of amides is 2. The molecule has 2 amide bonds. The van der Waals surface area contributed by atoms with Crippen molar-refractivity contribution in [1.82, 2.24) is 5.32 Å². The van der Waals surface area contributed by atoms with Crippen molar-refractivity contribution < 1.29 is 14.3 Å². The van der Waals surface area contributed by atoms with Crippen LogP contribution in [-0.4, -0.2) is 37.6 Å². The number of carbonyl (C=O) groups excluding carboxylic acids is 2. The van der Waals surface area contributed by atoms with Crippen LogP contribution in [0.5, 0.6) is 0 Å². The number of hydrogen-bond acceptors (Lipinski definition) is 4. The fourth-order valence-electron chi connectivity index (χ4n) is 3.49. The van der Waals surface area contributed by atoms with Crippen LogP contribution in [0.25, 0.3) is 0 Å². The molecule has 27 heavy (non-hydrogen) atoms. The van der Waals surface area contributed by atoms with Crippen LogP contribution in [0.3, 0.4) is 0 Å². The van der Waals surface area contributed by atoms with Gasteiger partial charge in [-0.3, -0.25) is 9.59 Å². The molecule has 2 aromatic rings. The predicted molar refractivity (Wildman–Crippen MR) is 106 cm³/mol. The normalized spacial score (nSPS) is 18.6. The van der Waals surface area contributed by atoms with Crippen LogP contribution >= 0.6 is 11.8 Å². The first kappa shape index (κ1) is 18.1. The Morgan fingerprint density at radius 1 is 1.26 bits per heavy atom. The Hall–Kier alpha value is -2.31. The van der Waals surface area contributed by atoms with E-state index in [1.807, 2.05) is 49.4 Å². The number of nitrogens with one attached hydrogen (secondary N) is 1. The van der Waals surface area contributed by atoms with E-state index in [9.17, 15) is 9.59 Å². The molecule has 0 aliphatic carbocycles. The summed E-state index contributed by atoms with van der Waals surface area (Å²) in [7, 11) is 0. The third-order valence-electron chi connectivity index (χ3n) is 4.92. The van der Waals surface area contributed by atoms with Crippen LogP contribution < -0.4 is 10.2 Å². The molecule has 2 aromatic carbocycles. The molecule has 1 fully saturated rings. The zero-order chi connectivity index (χ0) is 18.8. The molecule has 0 radical (unpaired) electrons. The van der Waals surface area contributed by atoms with Crippen LogP contribution in [-0.2, 0) is 4.74 Å². The Bertz CT molecular complexity index is 877. The van der Waals surface area contributed by atoms with Crippen molar-refractivity contribution in [1.29, 1.82) is 0 Å². The van der Waals surface area contributed by atoms with E-state index in [0.717, 1.165) is 34.9 Å².